The van der Waals surface area contributed by atoms with Crippen molar-refractivity contribution in [2.75, 3.05) is 6.61 Å². The van der Waals surface area contributed by atoms with E-state index in [1.54, 1.807) is 24.3 Å². The molecule has 1 aromatic carbocycles. The molecule has 0 saturated carbocycles. The summed E-state index contributed by atoms with van der Waals surface area (Å²) in [4.78, 5) is 12.8. The highest BCUT2D eigenvalue weighted by Gasteiger charge is 2.41. The van der Waals surface area contributed by atoms with Gasteiger partial charge in [0.2, 0.25) is 0 Å². The van der Waals surface area contributed by atoms with Crippen molar-refractivity contribution in [2.45, 2.75) is 68.1 Å². The fraction of sp³-hybridized carbons (Fsp3) is 0.667. The zero-order valence-corrected chi connectivity index (χ0v) is 17.0. The molecule has 0 saturated heterocycles. The first kappa shape index (κ1) is 21.5. The highest BCUT2D eigenvalue weighted by atomic mass is 16.7. The van der Waals surface area contributed by atoms with Crippen LogP contribution in [-0.2, 0) is 9.53 Å². The van der Waals surface area contributed by atoms with Gasteiger partial charge in [0.15, 0.2) is 6.29 Å². The van der Waals surface area contributed by atoms with Gasteiger partial charge in [-0.25, -0.2) is 0 Å². The highest BCUT2D eigenvalue weighted by Crippen LogP contribution is 2.40. The summed E-state index contributed by atoms with van der Waals surface area (Å²) in [5.41, 5.74) is -0.484. The molecule has 0 spiro atoms. The number of ether oxygens (including phenoxy) is 3. The molecule has 0 aliphatic rings. The molecule has 142 valence electrons. The van der Waals surface area contributed by atoms with Crippen LogP contribution < -0.4 is 9.47 Å². The molecular weight excluding hydrogens is 316 g/mol. The second-order valence-corrected chi connectivity index (χ2v) is 8.31. The molecule has 0 aliphatic heterocycles. The molecule has 0 heterocycles. The molecule has 1 aromatic rings. The Morgan fingerprint density at radius 2 is 1.52 bits per heavy atom. The molecule has 0 N–H and O–H groups in total. The van der Waals surface area contributed by atoms with Crippen molar-refractivity contribution < 1.29 is 19.0 Å². The molecule has 0 aromatic heterocycles. The van der Waals surface area contributed by atoms with E-state index in [9.17, 15) is 4.79 Å². The lowest BCUT2D eigenvalue weighted by molar-refractivity contribution is -0.149. The fourth-order valence-electron chi connectivity index (χ4n) is 2.88. The first-order valence-electron chi connectivity index (χ1n) is 9.08. The minimum absolute atomic E-state index is 0.0468. The standard InChI is InChI=1S/C21H34O4/c1-9-23-16(4)24-17-10-12-18(13-11-17)25-19(22)21(8,15(2)3)14-20(5,6)7/h10-13,15-16H,9,14H2,1-8H3. The van der Waals surface area contributed by atoms with Crippen LogP contribution >= 0.6 is 0 Å². The van der Waals surface area contributed by atoms with Crippen molar-refractivity contribution in [3.05, 3.63) is 24.3 Å². The number of rotatable bonds is 8. The van der Waals surface area contributed by atoms with Crippen LogP contribution in [0.2, 0.25) is 0 Å². The molecule has 25 heavy (non-hydrogen) atoms. The molecule has 2 atom stereocenters. The van der Waals surface area contributed by atoms with E-state index in [0.717, 1.165) is 6.42 Å². The maximum Gasteiger partial charge on any atom is 0.317 e. The lowest BCUT2D eigenvalue weighted by Gasteiger charge is -2.36. The molecule has 0 radical (unpaired) electrons. The smallest absolute Gasteiger partial charge is 0.317 e. The SMILES string of the molecule is CCOC(C)Oc1ccc(OC(=O)C(C)(CC(C)(C)C)C(C)C)cc1. The molecule has 0 bridgehead atoms. The summed E-state index contributed by atoms with van der Waals surface area (Å²) in [6.07, 6.45) is 0.457. The average molecular weight is 350 g/mol. The molecule has 4 nitrogen and oxygen atoms in total. The van der Waals surface area contributed by atoms with E-state index in [0.29, 0.717) is 18.1 Å². The average Bonchev–Trinajstić information content (AvgIpc) is 2.47. The lowest BCUT2D eigenvalue weighted by atomic mass is 9.69. The molecule has 1 rings (SSSR count). The lowest BCUT2D eigenvalue weighted by Crippen LogP contribution is -2.40. The monoisotopic (exact) mass is 350 g/mol. The van der Waals surface area contributed by atoms with Crippen LogP contribution in [0.5, 0.6) is 11.5 Å². The van der Waals surface area contributed by atoms with E-state index in [1.807, 2.05) is 20.8 Å². The molecule has 2 unspecified atom stereocenters. The minimum Gasteiger partial charge on any atom is -0.465 e. The number of carbonyl (C=O) groups excluding carboxylic acids is 1. The van der Waals surface area contributed by atoms with Crippen molar-refractivity contribution in [1.29, 1.82) is 0 Å². The molecule has 0 amide bonds. The predicted molar refractivity (Wildman–Crippen MR) is 101 cm³/mol. The number of carbonyl (C=O) groups is 1. The third-order valence-electron chi connectivity index (χ3n) is 4.38. The van der Waals surface area contributed by atoms with Crippen LogP contribution in [0.15, 0.2) is 24.3 Å². The Hall–Kier alpha value is -1.55. The summed E-state index contributed by atoms with van der Waals surface area (Å²) in [5.74, 6) is 1.21. The molecule has 0 aliphatic carbocycles. The van der Waals surface area contributed by atoms with Crippen LogP contribution in [-0.4, -0.2) is 18.9 Å². The minimum atomic E-state index is -0.531. The summed E-state index contributed by atoms with van der Waals surface area (Å²) < 4.78 is 16.6. The maximum atomic E-state index is 12.8. The Morgan fingerprint density at radius 1 is 1.00 bits per heavy atom. The third-order valence-corrected chi connectivity index (χ3v) is 4.38. The van der Waals surface area contributed by atoms with Gasteiger partial charge in [0, 0.05) is 6.61 Å². The topological polar surface area (TPSA) is 44.8 Å². The van der Waals surface area contributed by atoms with E-state index in [1.165, 1.54) is 0 Å². The second kappa shape index (κ2) is 8.70. The summed E-state index contributed by atoms with van der Waals surface area (Å²) in [6.45, 7) is 16.9. The largest absolute Gasteiger partial charge is 0.465 e. The summed E-state index contributed by atoms with van der Waals surface area (Å²) in [7, 11) is 0. The van der Waals surface area contributed by atoms with Crippen molar-refractivity contribution in [2.24, 2.45) is 16.7 Å². The summed E-state index contributed by atoms with van der Waals surface area (Å²) in [5, 5.41) is 0. The van der Waals surface area contributed by atoms with Gasteiger partial charge in [-0.1, -0.05) is 34.6 Å². The zero-order chi connectivity index (χ0) is 19.3. The Kier molecular flexibility index (Phi) is 7.48. The Morgan fingerprint density at radius 3 is 1.96 bits per heavy atom. The predicted octanol–water partition coefficient (Wildman–Crippen LogP) is 5.45. The van der Waals surface area contributed by atoms with Crippen LogP contribution in [0, 0.1) is 16.7 Å². The Balaban J connectivity index is 2.81. The molecule has 4 heteroatoms. The maximum absolute atomic E-state index is 12.8. The van der Waals surface area contributed by atoms with E-state index in [2.05, 4.69) is 34.6 Å². The van der Waals surface area contributed by atoms with Gasteiger partial charge in [-0.2, -0.15) is 0 Å². The van der Waals surface area contributed by atoms with Gasteiger partial charge in [-0.15, -0.1) is 0 Å². The Bertz CT molecular complexity index is 542. The summed E-state index contributed by atoms with van der Waals surface area (Å²) >= 11 is 0. The molecular formula is C21H34O4. The normalized spacial score (nSPS) is 15.6. The van der Waals surface area contributed by atoms with Crippen LogP contribution in [0.3, 0.4) is 0 Å². The van der Waals surface area contributed by atoms with Gasteiger partial charge in [0.1, 0.15) is 11.5 Å². The quantitative estimate of drug-likeness (QED) is 0.355. The van der Waals surface area contributed by atoms with Gasteiger partial charge >= 0.3 is 5.97 Å². The van der Waals surface area contributed by atoms with Gasteiger partial charge in [0.05, 0.1) is 5.41 Å². The van der Waals surface area contributed by atoms with Gasteiger partial charge in [0.25, 0.3) is 0 Å². The van der Waals surface area contributed by atoms with Crippen LogP contribution in [0.4, 0.5) is 0 Å². The third kappa shape index (κ3) is 6.69. The fourth-order valence-corrected chi connectivity index (χ4v) is 2.88. The first-order chi connectivity index (χ1) is 11.5. The van der Waals surface area contributed by atoms with Gasteiger partial charge in [-0.3, -0.25) is 4.79 Å². The van der Waals surface area contributed by atoms with Crippen molar-refractivity contribution in [1.82, 2.24) is 0 Å². The zero-order valence-electron chi connectivity index (χ0n) is 17.0. The molecule has 0 fully saturated rings. The van der Waals surface area contributed by atoms with E-state index in [4.69, 9.17) is 14.2 Å². The van der Waals surface area contributed by atoms with Crippen LogP contribution in [0.25, 0.3) is 0 Å². The van der Waals surface area contributed by atoms with Crippen molar-refractivity contribution in [3.63, 3.8) is 0 Å². The van der Waals surface area contributed by atoms with Gasteiger partial charge in [-0.05, 0) is 62.8 Å². The van der Waals surface area contributed by atoms with Gasteiger partial charge < -0.3 is 14.2 Å². The number of benzene rings is 1. The van der Waals surface area contributed by atoms with Crippen molar-refractivity contribution >= 4 is 5.97 Å². The van der Waals surface area contributed by atoms with E-state index >= 15 is 0 Å². The second-order valence-electron chi connectivity index (χ2n) is 8.31. The summed E-state index contributed by atoms with van der Waals surface area (Å²) in [6, 6.07) is 7.08. The first-order valence-corrected chi connectivity index (χ1v) is 9.08. The van der Waals surface area contributed by atoms with E-state index in [-0.39, 0.29) is 23.6 Å². The van der Waals surface area contributed by atoms with Crippen molar-refractivity contribution in [3.8, 4) is 11.5 Å². The highest BCUT2D eigenvalue weighted by molar-refractivity contribution is 5.79. The number of esters is 1. The van der Waals surface area contributed by atoms with Crippen LogP contribution in [0.1, 0.15) is 61.8 Å². The number of hydrogen-bond donors (Lipinski definition) is 0. The Labute approximate surface area is 152 Å². The van der Waals surface area contributed by atoms with E-state index < -0.39 is 5.41 Å². The number of hydrogen-bond acceptors (Lipinski definition) is 4.